The monoisotopic (exact) mass is 282 g/mol. The van der Waals surface area contributed by atoms with Crippen LogP contribution >= 0.6 is 0 Å². The molecule has 6 nitrogen and oxygen atoms in total. The standard InChI is InChI=1S/C15H14N4O2/c1-2-16-15(21)11-5-3-4-10(8-11)12-9-17-13-6-7-14(20)18-19(12)13/h3-9H,2H2,1H3,(H,16,21)(H,18,20). The van der Waals surface area contributed by atoms with Gasteiger partial charge in [0.25, 0.3) is 11.5 Å². The molecule has 0 aliphatic rings. The highest BCUT2D eigenvalue weighted by molar-refractivity contribution is 5.95. The molecule has 106 valence electrons. The van der Waals surface area contributed by atoms with E-state index in [0.717, 1.165) is 11.3 Å². The predicted octanol–water partition coefficient (Wildman–Crippen LogP) is 1.44. The van der Waals surface area contributed by atoms with Crippen molar-refractivity contribution in [1.29, 1.82) is 0 Å². The Morgan fingerprint density at radius 1 is 1.33 bits per heavy atom. The quantitative estimate of drug-likeness (QED) is 0.763. The average molecular weight is 282 g/mol. The van der Waals surface area contributed by atoms with Gasteiger partial charge in [0.2, 0.25) is 0 Å². The number of nitrogens with one attached hydrogen (secondary N) is 2. The third kappa shape index (κ3) is 2.43. The van der Waals surface area contributed by atoms with Gasteiger partial charge in [0.05, 0.1) is 11.9 Å². The summed E-state index contributed by atoms with van der Waals surface area (Å²) in [7, 11) is 0. The number of amides is 1. The minimum Gasteiger partial charge on any atom is -0.352 e. The number of aromatic amines is 1. The number of fused-ring (bicyclic) bond motifs is 1. The molecule has 1 aromatic carbocycles. The Morgan fingerprint density at radius 2 is 2.19 bits per heavy atom. The molecule has 0 aliphatic carbocycles. The van der Waals surface area contributed by atoms with Crippen LogP contribution in [0.3, 0.4) is 0 Å². The van der Waals surface area contributed by atoms with E-state index in [4.69, 9.17) is 0 Å². The van der Waals surface area contributed by atoms with E-state index in [2.05, 4.69) is 15.4 Å². The van der Waals surface area contributed by atoms with Crippen LogP contribution in [0.1, 0.15) is 17.3 Å². The SMILES string of the molecule is CCNC(=O)c1cccc(-c2cnc3ccc(=O)[nH]n23)c1. The number of hydrogen-bond acceptors (Lipinski definition) is 3. The fraction of sp³-hybridized carbons (Fsp3) is 0.133. The van der Waals surface area contributed by atoms with Crippen molar-refractivity contribution in [3.8, 4) is 11.3 Å². The lowest BCUT2D eigenvalue weighted by molar-refractivity contribution is 0.0956. The Bertz CT molecular complexity index is 863. The summed E-state index contributed by atoms with van der Waals surface area (Å²) in [4.78, 5) is 27.6. The lowest BCUT2D eigenvalue weighted by Crippen LogP contribution is -2.22. The fourth-order valence-corrected chi connectivity index (χ4v) is 2.18. The first kappa shape index (κ1) is 13.1. The van der Waals surface area contributed by atoms with E-state index in [1.54, 1.807) is 35.0 Å². The molecule has 3 aromatic rings. The Kier molecular flexibility index (Phi) is 3.27. The fourth-order valence-electron chi connectivity index (χ4n) is 2.18. The first-order chi connectivity index (χ1) is 10.2. The molecular formula is C15H14N4O2. The first-order valence-electron chi connectivity index (χ1n) is 6.64. The van der Waals surface area contributed by atoms with Gasteiger partial charge >= 0.3 is 0 Å². The number of carbonyl (C=O) groups excluding carboxylic acids is 1. The van der Waals surface area contributed by atoms with Gasteiger partial charge in [-0.1, -0.05) is 12.1 Å². The van der Waals surface area contributed by atoms with Crippen LogP contribution in [0.2, 0.25) is 0 Å². The van der Waals surface area contributed by atoms with Crippen LogP contribution in [0.5, 0.6) is 0 Å². The molecule has 2 N–H and O–H groups in total. The van der Waals surface area contributed by atoms with Crippen LogP contribution < -0.4 is 10.9 Å². The molecule has 6 heteroatoms. The van der Waals surface area contributed by atoms with E-state index in [1.165, 1.54) is 6.07 Å². The van der Waals surface area contributed by atoms with Gasteiger partial charge in [-0.05, 0) is 25.1 Å². The van der Waals surface area contributed by atoms with Crippen molar-refractivity contribution in [1.82, 2.24) is 19.9 Å². The minimum absolute atomic E-state index is 0.123. The third-order valence-electron chi connectivity index (χ3n) is 3.15. The van der Waals surface area contributed by atoms with Gasteiger partial charge in [0, 0.05) is 23.7 Å². The molecule has 0 saturated carbocycles. The van der Waals surface area contributed by atoms with Gasteiger partial charge in [-0.25, -0.2) is 9.50 Å². The molecule has 0 fully saturated rings. The molecule has 21 heavy (non-hydrogen) atoms. The number of H-pyrrole nitrogens is 1. The van der Waals surface area contributed by atoms with E-state index >= 15 is 0 Å². The zero-order valence-corrected chi connectivity index (χ0v) is 11.5. The van der Waals surface area contributed by atoms with Gasteiger partial charge in [-0.3, -0.25) is 14.7 Å². The summed E-state index contributed by atoms with van der Waals surface area (Å²) in [6, 6.07) is 10.3. The second-order valence-electron chi connectivity index (χ2n) is 4.59. The highest BCUT2D eigenvalue weighted by Gasteiger charge is 2.10. The summed E-state index contributed by atoms with van der Waals surface area (Å²) in [6.07, 6.45) is 1.67. The highest BCUT2D eigenvalue weighted by Crippen LogP contribution is 2.20. The van der Waals surface area contributed by atoms with Crippen molar-refractivity contribution in [2.75, 3.05) is 6.54 Å². The molecule has 0 radical (unpaired) electrons. The van der Waals surface area contributed by atoms with E-state index in [-0.39, 0.29) is 11.5 Å². The second kappa shape index (κ2) is 5.24. The molecule has 0 unspecified atom stereocenters. The molecule has 3 rings (SSSR count). The van der Waals surface area contributed by atoms with Crippen molar-refractivity contribution >= 4 is 11.6 Å². The summed E-state index contributed by atoms with van der Waals surface area (Å²) < 4.78 is 1.61. The van der Waals surface area contributed by atoms with E-state index < -0.39 is 0 Å². The predicted molar refractivity (Wildman–Crippen MR) is 79.3 cm³/mol. The van der Waals surface area contributed by atoms with Crippen molar-refractivity contribution in [2.24, 2.45) is 0 Å². The lowest BCUT2D eigenvalue weighted by Gasteiger charge is -2.05. The van der Waals surface area contributed by atoms with Gasteiger partial charge < -0.3 is 5.32 Å². The van der Waals surface area contributed by atoms with E-state index in [1.807, 2.05) is 13.0 Å². The van der Waals surface area contributed by atoms with Crippen LogP contribution in [-0.2, 0) is 0 Å². The van der Waals surface area contributed by atoms with Gasteiger partial charge in [-0.2, -0.15) is 0 Å². The molecule has 2 aromatic heterocycles. The van der Waals surface area contributed by atoms with Crippen LogP contribution in [-0.4, -0.2) is 27.0 Å². The number of nitrogens with zero attached hydrogens (tertiary/aromatic N) is 2. The number of carbonyl (C=O) groups is 1. The summed E-state index contributed by atoms with van der Waals surface area (Å²) in [6.45, 7) is 2.45. The largest absolute Gasteiger partial charge is 0.352 e. The van der Waals surface area contributed by atoms with Crippen molar-refractivity contribution < 1.29 is 4.79 Å². The maximum Gasteiger partial charge on any atom is 0.263 e. The van der Waals surface area contributed by atoms with Gasteiger partial charge in [0.1, 0.15) is 0 Å². The van der Waals surface area contributed by atoms with Crippen molar-refractivity contribution in [3.05, 3.63) is 58.5 Å². The smallest absolute Gasteiger partial charge is 0.263 e. The lowest BCUT2D eigenvalue weighted by atomic mass is 10.1. The zero-order valence-electron chi connectivity index (χ0n) is 11.5. The van der Waals surface area contributed by atoms with Crippen LogP contribution in [0.25, 0.3) is 16.9 Å². The molecule has 2 heterocycles. The average Bonchev–Trinajstić information content (AvgIpc) is 2.90. The van der Waals surface area contributed by atoms with Gasteiger partial charge in [0.15, 0.2) is 5.65 Å². The Balaban J connectivity index is 2.10. The highest BCUT2D eigenvalue weighted by atomic mass is 16.1. The first-order valence-corrected chi connectivity index (χ1v) is 6.64. The molecule has 1 amide bonds. The number of benzene rings is 1. The van der Waals surface area contributed by atoms with Crippen molar-refractivity contribution in [2.45, 2.75) is 6.92 Å². The molecule has 0 aliphatic heterocycles. The Labute approximate surface area is 120 Å². The van der Waals surface area contributed by atoms with Crippen LogP contribution in [0.15, 0.2) is 47.4 Å². The van der Waals surface area contributed by atoms with Crippen LogP contribution in [0.4, 0.5) is 0 Å². The summed E-state index contributed by atoms with van der Waals surface area (Å²) >= 11 is 0. The maximum atomic E-state index is 11.9. The molecule has 0 saturated heterocycles. The number of imidazole rings is 1. The normalized spacial score (nSPS) is 10.7. The number of hydrogen-bond donors (Lipinski definition) is 2. The van der Waals surface area contributed by atoms with Gasteiger partial charge in [-0.15, -0.1) is 0 Å². The summed E-state index contributed by atoms with van der Waals surface area (Å²) in [5, 5.41) is 5.47. The number of rotatable bonds is 3. The molecule has 0 atom stereocenters. The summed E-state index contributed by atoms with van der Waals surface area (Å²) in [5.41, 5.74) is 2.55. The Morgan fingerprint density at radius 3 is 3.00 bits per heavy atom. The van der Waals surface area contributed by atoms with E-state index in [0.29, 0.717) is 17.8 Å². The molecular weight excluding hydrogens is 268 g/mol. The van der Waals surface area contributed by atoms with Crippen LogP contribution in [0, 0.1) is 0 Å². The Hall–Kier alpha value is -2.89. The summed E-state index contributed by atoms with van der Waals surface area (Å²) in [5.74, 6) is -0.123. The topological polar surface area (TPSA) is 79.3 Å². The minimum atomic E-state index is -0.207. The van der Waals surface area contributed by atoms with Crippen molar-refractivity contribution in [3.63, 3.8) is 0 Å². The molecule has 0 spiro atoms. The number of aromatic nitrogens is 3. The molecule has 0 bridgehead atoms. The zero-order chi connectivity index (χ0) is 14.8. The van der Waals surface area contributed by atoms with E-state index in [9.17, 15) is 9.59 Å². The second-order valence-corrected chi connectivity index (χ2v) is 4.59. The third-order valence-corrected chi connectivity index (χ3v) is 3.15. The maximum absolute atomic E-state index is 11.9.